The lowest BCUT2D eigenvalue weighted by Crippen LogP contribution is -2.38. The van der Waals surface area contributed by atoms with Crippen molar-refractivity contribution in [2.45, 2.75) is 31.7 Å². The quantitative estimate of drug-likeness (QED) is 0.761. The number of piperidine rings is 1. The first-order valence-electron chi connectivity index (χ1n) is 6.90. The van der Waals surface area contributed by atoms with Crippen molar-refractivity contribution in [1.29, 1.82) is 0 Å². The van der Waals surface area contributed by atoms with E-state index in [0.717, 1.165) is 19.5 Å². The Labute approximate surface area is 104 Å². The maximum absolute atomic E-state index is 4.82. The van der Waals surface area contributed by atoms with Gasteiger partial charge >= 0.3 is 0 Å². The Morgan fingerprint density at radius 1 is 1.12 bits per heavy atom. The molecule has 0 aliphatic carbocycles. The first-order valence-corrected chi connectivity index (χ1v) is 6.90. The average molecular weight is 229 g/mol. The molecule has 0 N–H and O–H groups in total. The van der Waals surface area contributed by atoms with Gasteiger partial charge in [0.15, 0.2) is 0 Å². The summed E-state index contributed by atoms with van der Waals surface area (Å²) in [5, 5.41) is 4.82. The number of hydrogen-bond donors (Lipinski definition) is 0. The van der Waals surface area contributed by atoms with Crippen LogP contribution in [0.1, 0.15) is 36.4 Å². The minimum absolute atomic E-state index is 0.429. The fraction of sp³-hybridized carbons (Fsp3) is 0.600. The number of rotatable bonds is 2. The molecule has 1 saturated heterocycles. The molecule has 2 heteroatoms. The molecule has 0 spiro atoms. The summed E-state index contributed by atoms with van der Waals surface area (Å²) in [7, 11) is 0. The fourth-order valence-corrected chi connectivity index (χ4v) is 3.07. The van der Waals surface area contributed by atoms with Gasteiger partial charge in [-0.1, -0.05) is 30.7 Å². The highest BCUT2D eigenvalue weighted by atomic mass is 15.2. The molecule has 1 radical (unpaired) electrons. The standard InChI is InChI=1S/C15H21N2/c1-4-10-17(11-5-1)12-15-14-7-3-2-6-13(14)8-9-16-15/h2-3,6-7,15H,1,4-5,8-12H2. The summed E-state index contributed by atoms with van der Waals surface area (Å²) in [6.45, 7) is 4.69. The van der Waals surface area contributed by atoms with Gasteiger partial charge < -0.3 is 4.90 Å². The van der Waals surface area contributed by atoms with E-state index in [9.17, 15) is 0 Å². The molecule has 2 aliphatic rings. The van der Waals surface area contributed by atoms with E-state index in [2.05, 4.69) is 29.2 Å². The molecule has 1 atom stereocenters. The van der Waals surface area contributed by atoms with Gasteiger partial charge in [-0.3, -0.25) is 0 Å². The Bertz CT molecular complexity index is 369. The molecule has 0 amide bonds. The van der Waals surface area contributed by atoms with Crippen LogP contribution in [0.5, 0.6) is 0 Å². The molecule has 91 valence electrons. The van der Waals surface area contributed by atoms with E-state index in [1.165, 1.54) is 43.5 Å². The summed E-state index contributed by atoms with van der Waals surface area (Å²) >= 11 is 0. The Kier molecular flexibility index (Phi) is 3.44. The van der Waals surface area contributed by atoms with Crippen molar-refractivity contribution in [2.24, 2.45) is 0 Å². The smallest absolute Gasteiger partial charge is 0.0625 e. The number of hydrogen-bond acceptors (Lipinski definition) is 1. The second kappa shape index (κ2) is 5.19. The summed E-state index contributed by atoms with van der Waals surface area (Å²) in [6.07, 6.45) is 5.28. The second-order valence-corrected chi connectivity index (χ2v) is 5.23. The van der Waals surface area contributed by atoms with Crippen molar-refractivity contribution in [3.63, 3.8) is 0 Å². The molecule has 1 fully saturated rings. The van der Waals surface area contributed by atoms with Crippen LogP contribution in [0, 0.1) is 0 Å². The van der Waals surface area contributed by atoms with E-state index in [1.807, 2.05) is 0 Å². The van der Waals surface area contributed by atoms with Crippen LogP contribution in [0.2, 0.25) is 0 Å². The molecule has 2 heterocycles. The van der Waals surface area contributed by atoms with Crippen molar-refractivity contribution in [1.82, 2.24) is 10.2 Å². The summed E-state index contributed by atoms with van der Waals surface area (Å²) < 4.78 is 0. The molecule has 1 aromatic carbocycles. The Morgan fingerprint density at radius 2 is 1.94 bits per heavy atom. The van der Waals surface area contributed by atoms with Crippen LogP contribution < -0.4 is 5.32 Å². The molecular formula is C15H21N2. The molecule has 1 unspecified atom stereocenters. The van der Waals surface area contributed by atoms with Crippen LogP contribution >= 0.6 is 0 Å². The fourth-order valence-electron chi connectivity index (χ4n) is 3.07. The third-order valence-corrected chi connectivity index (χ3v) is 4.02. The lowest BCUT2D eigenvalue weighted by atomic mass is 9.93. The molecule has 17 heavy (non-hydrogen) atoms. The normalized spacial score (nSPS) is 25.5. The molecule has 1 aromatic rings. The number of benzene rings is 1. The van der Waals surface area contributed by atoms with Gasteiger partial charge in [-0.15, -0.1) is 0 Å². The summed E-state index contributed by atoms with van der Waals surface area (Å²) in [5.74, 6) is 0. The maximum Gasteiger partial charge on any atom is 0.0625 e. The lowest BCUT2D eigenvalue weighted by molar-refractivity contribution is 0.202. The molecule has 0 saturated carbocycles. The predicted molar refractivity (Wildman–Crippen MR) is 70.2 cm³/mol. The van der Waals surface area contributed by atoms with Gasteiger partial charge in [0, 0.05) is 13.1 Å². The van der Waals surface area contributed by atoms with E-state index in [-0.39, 0.29) is 0 Å². The van der Waals surface area contributed by atoms with Gasteiger partial charge in [0.25, 0.3) is 0 Å². The third kappa shape index (κ3) is 2.53. The van der Waals surface area contributed by atoms with Gasteiger partial charge in [-0.25, -0.2) is 5.32 Å². The molecular weight excluding hydrogens is 208 g/mol. The minimum atomic E-state index is 0.429. The largest absolute Gasteiger partial charge is 0.301 e. The minimum Gasteiger partial charge on any atom is -0.301 e. The number of likely N-dealkylation sites (tertiary alicyclic amines) is 1. The topological polar surface area (TPSA) is 17.3 Å². The highest BCUT2D eigenvalue weighted by Crippen LogP contribution is 2.25. The zero-order valence-corrected chi connectivity index (χ0v) is 10.4. The van der Waals surface area contributed by atoms with Gasteiger partial charge in [0.1, 0.15) is 0 Å². The lowest BCUT2D eigenvalue weighted by Gasteiger charge is -2.33. The van der Waals surface area contributed by atoms with Gasteiger partial charge in [0.05, 0.1) is 6.04 Å². The van der Waals surface area contributed by atoms with Crippen molar-refractivity contribution in [2.75, 3.05) is 26.2 Å². The van der Waals surface area contributed by atoms with Crippen LogP contribution in [0.4, 0.5) is 0 Å². The van der Waals surface area contributed by atoms with Gasteiger partial charge in [0.2, 0.25) is 0 Å². The highest BCUT2D eigenvalue weighted by Gasteiger charge is 2.23. The molecule has 3 rings (SSSR count). The highest BCUT2D eigenvalue weighted by molar-refractivity contribution is 5.32. The van der Waals surface area contributed by atoms with Crippen LogP contribution in [-0.4, -0.2) is 31.1 Å². The predicted octanol–water partition coefficient (Wildman–Crippen LogP) is 2.37. The van der Waals surface area contributed by atoms with Crippen molar-refractivity contribution in [3.8, 4) is 0 Å². The zero-order chi connectivity index (χ0) is 11.5. The molecule has 0 bridgehead atoms. The van der Waals surface area contributed by atoms with E-state index in [0.29, 0.717) is 6.04 Å². The summed E-state index contributed by atoms with van der Waals surface area (Å²) in [6, 6.07) is 9.28. The molecule has 2 nitrogen and oxygen atoms in total. The van der Waals surface area contributed by atoms with Crippen LogP contribution in [0.25, 0.3) is 0 Å². The van der Waals surface area contributed by atoms with E-state index < -0.39 is 0 Å². The SMILES string of the molecule is c1ccc2c(c1)CC[N]C2CN1CCCCC1. The van der Waals surface area contributed by atoms with Gasteiger partial charge in [-0.2, -0.15) is 0 Å². The summed E-state index contributed by atoms with van der Waals surface area (Å²) in [4.78, 5) is 2.60. The van der Waals surface area contributed by atoms with Crippen molar-refractivity contribution in [3.05, 3.63) is 35.4 Å². The molecule has 0 aromatic heterocycles. The average Bonchev–Trinajstić information content (AvgIpc) is 2.40. The van der Waals surface area contributed by atoms with E-state index >= 15 is 0 Å². The molecule has 2 aliphatic heterocycles. The Morgan fingerprint density at radius 3 is 2.82 bits per heavy atom. The maximum atomic E-state index is 4.82. The summed E-state index contributed by atoms with van der Waals surface area (Å²) in [5.41, 5.74) is 2.99. The van der Waals surface area contributed by atoms with E-state index in [4.69, 9.17) is 5.32 Å². The zero-order valence-electron chi connectivity index (χ0n) is 10.4. The first kappa shape index (κ1) is 11.2. The second-order valence-electron chi connectivity index (χ2n) is 5.23. The monoisotopic (exact) mass is 229 g/mol. The van der Waals surface area contributed by atoms with Crippen molar-refractivity contribution >= 4 is 0 Å². The van der Waals surface area contributed by atoms with Crippen LogP contribution in [0.15, 0.2) is 24.3 Å². The Balaban J connectivity index is 1.71. The number of fused-ring (bicyclic) bond motifs is 1. The third-order valence-electron chi connectivity index (χ3n) is 4.02. The van der Waals surface area contributed by atoms with Crippen molar-refractivity contribution < 1.29 is 0 Å². The first-order chi connectivity index (χ1) is 8.43. The van der Waals surface area contributed by atoms with Crippen LogP contribution in [0.3, 0.4) is 0 Å². The van der Waals surface area contributed by atoms with E-state index in [1.54, 1.807) is 0 Å². The number of nitrogens with zero attached hydrogens (tertiary/aromatic N) is 2. The van der Waals surface area contributed by atoms with Gasteiger partial charge in [-0.05, 0) is 43.5 Å². The Hall–Kier alpha value is -0.860. The van der Waals surface area contributed by atoms with Crippen LogP contribution in [-0.2, 0) is 6.42 Å².